The summed E-state index contributed by atoms with van der Waals surface area (Å²) in [5.41, 5.74) is 0. The lowest BCUT2D eigenvalue weighted by molar-refractivity contribution is 0.0402. The van der Waals surface area contributed by atoms with Gasteiger partial charge in [-0.05, 0) is 19.9 Å². The SMILES string of the molecule is C=CC(C)(OCc1nccn1CC)S(=O)(=O)O. The highest BCUT2D eigenvalue weighted by Crippen LogP contribution is 2.20. The highest BCUT2D eigenvalue weighted by Gasteiger charge is 2.36. The summed E-state index contributed by atoms with van der Waals surface area (Å²) >= 11 is 0. The van der Waals surface area contributed by atoms with Crippen LogP contribution in [0.1, 0.15) is 19.7 Å². The van der Waals surface area contributed by atoms with E-state index in [9.17, 15) is 8.42 Å². The molecule has 7 heteroatoms. The third kappa shape index (κ3) is 2.93. The minimum Gasteiger partial charge on any atom is -0.346 e. The van der Waals surface area contributed by atoms with Crippen LogP contribution < -0.4 is 0 Å². The highest BCUT2D eigenvalue weighted by atomic mass is 32.2. The van der Waals surface area contributed by atoms with Crippen LogP contribution in [-0.2, 0) is 28.0 Å². The van der Waals surface area contributed by atoms with Crippen LogP contribution >= 0.6 is 0 Å². The first-order valence-electron chi connectivity index (χ1n) is 5.08. The topological polar surface area (TPSA) is 81.4 Å². The van der Waals surface area contributed by atoms with Crippen molar-refractivity contribution in [2.45, 2.75) is 31.9 Å². The van der Waals surface area contributed by atoms with Crippen molar-refractivity contribution in [1.29, 1.82) is 0 Å². The summed E-state index contributed by atoms with van der Waals surface area (Å²) in [4.78, 5) is 2.21. The van der Waals surface area contributed by atoms with E-state index < -0.39 is 15.1 Å². The molecule has 1 unspecified atom stereocenters. The van der Waals surface area contributed by atoms with Crippen molar-refractivity contribution in [1.82, 2.24) is 9.55 Å². The molecule has 96 valence electrons. The predicted molar refractivity (Wildman–Crippen MR) is 62.8 cm³/mol. The van der Waals surface area contributed by atoms with Gasteiger partial charge in [-0.3, -0.25) is 4.55 Å². The van der Waals surface area contributed by atoms with Gasteiger partial charge >= 0.3 is 0 Å². The van der Waals surface area contributed by atoms with E-state index in [1.54, 1.807) is 12.4 Å². The largest absolute Gasteiger partial charge is 0.346 e. The molecule has 17 heavy (non-hydrogen) atoms. The Hall–Kier alpha value is -1.18. The van der Waals surface area contributed by atoms with E-state index >= 15 is 0 Å². The summed E-state index contributed by atoms with van der Waals surface area (Å²) in [6, 6.07) is 0. The second kappa shape index (κ2) is 4.99. The molecule has 0 aliphatic heterocycles. The van der Waals surface area contributed by atoms with Gasteiger partial charge in [-0.2, -0.15) is 8.42 Å². The summed E-state index contributed by atoms with van der Waals surface area (Å²) in [5.74, 6) is 0.587. The number of hydrogen-bond acceptors (Lipinski definition) is 4. The molecule has 1 N–H and O–H groups in total. The van der Waals surface area contributed by atoms with Gasteiger partial charge < -0.3 is 9.30 Å². The number of aromatic nitrogens is 2. The van der Waals surface area contributed by atoms with Gasteiger partial charge in [0.25, 0.3) is 10.1 Å². The fraction of sp³-hybridized carbons (Fsp3) is 0.500. The molecule has 0 aliphatic rings. The lowest BCUT2D eigenvalue weighted by Gasteiger charge is -2.22. The van der Waals surface area contributed by atoms with Gasteiger partial charge in [0.15, 0.2) is 0 Å². The van der Waals surface area contributed by atoms with Crippen molar-refractivity contribution in [3.8, 4) is 0 Å². The quantitative estimate of drug-likeness (QED) is 0.614. The normalized spacial score (nSPS) is 15.5. The van der Waals surface area contributed by atoms with Crippen molar-refractivity contribution in [2.24, 2.45) is 0 Å². The molecule has 1 atom stereocenters. The number of imidazole rings is 1. The molecule has 0 radical (unpaired) electrons. The van der Waals surface area contributed by atoms with Crippen LogP contribution in [0, 0.1) is 0 Å². The number of aryl methyl sites for hydroxylation is 1. The van der Waals surface area contributed by atoms with E-state index in [0.29, 0.717) is 12.4 Å². The van der Waals surface area contributed by atoms with Crippen LogP contribution in [0.4, 0.5) is 0 Å². The molecule has 0 bridgehead atoms. The number of hydrogen-bond donors (Lipinski definition) is 1. The molecule has 0 saturated heterocycles. The Morgan fingerprint density at radius 3 is 2.82 bits per heavy atom. The molecule has 1 rings (SSSR count). The first-order valence-corrected chi connectivity index (χ1v) is 6.52. The lowest BCUT2D eigenvalue weighted by Crippen LogP contribution is -2.35. The first-order chi connectivity index (χ1) is 7.84. The number of ether oxygens (including phenoxy) is 1. The number of rotatable bonds is 6. The monoisotopic (exact) mass is 260 g/mol. The van der Waals surface area contributed by atoms with Crippen LogP contribution in [0.15, 0.2) is 25.0 Å². The Kier molecular flexibility index (Phi) is 4.07. The van der Waals surface area contributed by atoms with Crippen molar-refractivity contribution in [2.75, 3.05) is 0 Å². The molecular formula is C10H16N2O4S. The van der Waals surface area contributed by atoms with Gasteiger partial charge in [0.2, 0.25) is 4.93 Å². The zero-order valence-corrected chi connectivity index (χ0v) is 10.6. The maximum atomic E-state index is 11.1. The minimum absolute atomic E-state index is 0.0247. The fourth-order valence-corrected chi connectivity index (χ4v) is 1.63. The van der Waals surface area contributed by atoms with Gasteiger partial charge in [0, 0.05) is 18.9 Å². The molecule has 0 aromatic carbocycles. The first kappa shape index (κ1) is 13.9. The smallest absolute Gasteiger partial charge is 0.298 e. The van der Waals surface area contributed by atoms with E-state index in [1.807, 2.05) is 11.5 Å². The van der Waals surface area contributed by atoms with E-state index in [1.165, 1.54) is 6.92 Å². The van der Waals surface area contributed by atoms with E-state index in [0.717, 1.165) is 6.08 Å². The van der Waals surface area contributed by atoms with Crippen molar-refractivity contribution in [3.05, 3.63) is 30.9 Å². The maximum Gasteiger partial charge on any atom is 0.298 e. The molecule has 1 aromatic heterocycles. The van der Waals surface area contributed by atoms with Gasteiger partial charge in [-0.1, -0.05) is 6.58 Å². The molecular weight excluding hydrogens is 244 g/mol. The molecule has 0 amide bonds. The standard InChI is InChI=1S/C10H16N2O4S/c1-4-10(3,17(13,14)15)16-8-9-11-6-7-12(9)5-2/h4,6-7H,1,5,8H2,2-3H3,(H,13,14,15). The van der Waals surface area contributed by atoms with Crippen molar-refractivity contribution < 1.29 is 17.7 Å². The average Bonchev–Trinajstić information content (AvgIpc) is 2.71. The average molecular weight is 260 g/mol. The van der Waals surface area contributed by atoms with Crippen LogP contribution in [0.3, 0.4) is 0 Å². The second-order valence-electron chi connectivity index (χ2n) is 3.61. The van der Waals surface area contributed by atoms with E-state index in [4.69, 9.17) is 9.29 Å². The van der Waals surface area contributed by atoms with Gasteiger partial charge in [0.05, 0.1) is 0 Å². The van der Waals surface area contributed by atoms with Crippen LogP contribution in [0.25, 0.3) is 0 Å². The Bertz CT molecular complexity index is 494. The van der Waals surface area contributed by atoms with Gasteiger partial charge in [-0.25, -0.2) is 4.98 Å². The maximum absolute atomic E-state index is 11.1. The Balaban J connectivity index is 2.83. The molecule has 0 spiro atoms. The summed E-state index contributed by atoms with van der Waals surface area (Å²) in [7, 11) is -4.36. The Labute approximate surface area is 101 Å². The molecule has 1 aromatic rings. The molecule has 0 saturated carbocycles. The third-order valence-corrected chi connectivity index (χ3v) is 3.82. The van der Waals surface area contributed by atoms with Crippen LogP contribution in [0.5, 0.6) is 0 Å². The van der Waals surface area contributed by atoms with Crippen molar-refractivity contribution >= 4 is 10.1 Å². The lowest BCUT2D eigenvalue weighted by atomic mass is 10.4. The van der Waals surface area contributed by atoms with Gasteiger partial charge in [0.1, 0.15) is 12.4 Å². The van der Waals surface area contributed by atoms with Crippen LogP contribution in [0.2, 0.25) is 0 Å². The second-order valence-corrected chi connectivity index (χ2v) is 5.37. The Morgan fingerprint density at radius 1 is 1.71 bits per heavy atom. The zero-order chi connectivity index (χ0) is 13.1. The third-order valence-electron chi connectivity index (χ3n) is 2.51. The van der Waals surface area contributed by atoms with Gasteiger partial charge in [-0.15, -0.1) is 0 Å². The summed E-state index contributed by atoms with van der Waals surface area (Å²) in [6.45, 7) is 7.19. The molecule has 6 nitrogen and oxygen atoms in total. The van der Waals surface area contributed by atoms with Crippen LogP contribution in [-0.4, -0.2) is 27.5 Å². The minimum atomic E-state index is -4.36. The van der Waals surface area contributed by atoms with E-state index in [-0.39, 0.29) is 6.61 Å². The molecule has 1 heterocycles. The number of nitrogens with zero attached hydrogens (tertiary/aromatic N) is 2. The fourth-order valence-electron chi connectivity index (χ4n) is 1.21. The summed E-state index contributed by atoms with van der Waals surface area (Å²) in [5, 5.41) is 0. The summed E-state index contributed by atoms with van der Waals surface area (Å²) < 4.78 is 38.3. The Morgan fingerprint density at radius 2 is 2.35 bits per heavy atom. The molecule has 0 fully saturated rings. The molecule has 0 aliphatic carbocycles. The summed E-state index contributed by atoms with van der Waals surface area (Å²) in [6.07, 6.45) is 4.40. The highest BCUT2D eigenvalue weighted by molar-refractivity contribution is 7.87. The van der Waals surface area contributed by atoms with E-state index in [2.05, 4.69) is 11.6 Å². The zero-order valence-electron chi connectivity index (χ0n) is 9.83. The predicted octanol–water partition coefficient (Wildman–Crippen LogP) is 1.21. The van der Waals surface area contributed by atoms with Crippen molar-refractivity contribution in [3.63, 3.8) is 0 Å².